The average Bonchev–Trinajstić information content (AvgIpc) is 2.27. The molecule has 4 heteroatoms. The van der Waals surface area contributed by atoms with Crippen LogP contribution in [0.15, 0.2) is 18.2 Å². The van der Waals surface area contributed by atoms with Crippen molar-refractivity contribution in [3.8, 4) is 0 Å². The van der Waals surface area contributed by atoms with Gasteiger partial charge in [0.1, 0.15) is 0 Å². The second-order valence-corrected chi connectivity index (χ2v) is 5.91. The molecule has 17 heavy (non-hydrogen) atoms. The lowest BCUT2D eigenvalue weighted by Gasteiger charge is -2.38. The first-order chi connectivity index (χ1) is 8.02. The third-order valence-corrected chi connectivity index (χ3v) is 4.82. The van der Waals surface area contributed by atoms with E-state index in [1.54, 1.807) is 0 Å². The summed E-state index contributed by atoms with van der Waals surface area (Å²) in [4.78, 5) is 12.0. The summed E-state index contributed by atoms with van der Waals surface area (Å²) in [5.41, 5.74) is 7.79. The van der Waals surface area contributed by atoms with E-state index in [0.717, 1.165) is 27.5 Å². The van der Waals surface area contributed by atoms with Gasteiger partial charge in [-0.2, -0.15) is 0 Å². The molecule has 0 unspecified atom stereocenters. The lowest BCUT2D eigenvalue weighted by Crippen LogP contribution is -2.55. The number of halogens is 1. The van der Waals surface area contributed by atoms with Crippen molar-refractivity contribution in [1.29, 1.82) is 0 Å². The lowest BCUT2D eigenvalue weighted by atomic mass is 9.78. The van der Waals surface area contributed by atoms with Crippen molar-refractivity contribution in [2.24, 2.45) is 5.73 Å². The molecule has 3 N–H and O–H groups in total. The van der Waals surface area contributed by atoms with Crippen molar-refractivity contribution in [1.82, 2.24) is 5.32 Å². The second-order valence-electron chi connectivity index (χ2n) is 4.84. The Morgan fingerprint density at radius 1 is 1.53 bits per heavy atom. The molecule has 0 bridgehead atoms. The Hall–Kier alpha value is -0.620. The Kier molecular flexibility index (Phi) is 3.73. The molecule has 1 aromatic carbocycles. The number of nitrogens with one attached hydrogen (secondary N) is 1. The van der Waals surface area contributed by atoms with Crippen molar-refractivity contribution < 1.29 is 4.79 Å². The monoisotopic (exact) mass is 344 g/mol. The summed E-state index contributed by atoms with van der Waals surface area (Å²) >= 11 is 2.21. The van der Waals surface area contributed by atoms with Gasteiger partial charge in [-0.25, -0.2) is 0 Å². The number of rotatable bonds is 3. The summed E-state index contributed by atoms with van der Waals surface area (Å²) in [6, 6.07) is 5.77. The molecule has 1 aliphatic rings. The summed E-state index contributed by atoms with van der Waals surface area (Å²) in [6.45, 7) is 2.59. The number of nitrogens with two attached hydrogens (primary N) is 1. The summed E-state index contributed by atoms with van der Waals surface area (Å²) < 4.78 is 1.02. The Balaban J connectivity index is 2.02. The first kappa shape index (κ1) is 12.8. The van der Waals surface area contributed by atoms with Gasteiger partial charge in [-0.05, 0) is 60.4 Å². The zero-order valence-corrected chi connectivity index (χ0v) is 12.1. The fraction of sp³-hybridized carbons (Fsp3) is 0.462. The van der Waals surface area contributed by atoms with Gasteiger partial charge in [0.05, 0.1) is 5.56 Å². The topological polar surface area (TPSA) is 55.1 Å². The largest absolute Gasteiger partial charge is 0.350 e. The molecule has 0 aromatic heterocycles. The number of hydrogen-bond donors (Lipinski definition) is 2. The minimum Gasteiger partial charge on any atom is -0.350 e. The number of aryl methyl sites for hydroxylation is 1. The minimum atomic E-state index is -0.162. The van der Waals surface area contributed by atoms with Crippen molar-refractivity contribution in [3.63, 3.8) is 0 Å². The van der Waals surface area contributed by atoms with E-state index in [9.17, 15) is 4.79 Å². The van der Waals surface area contributed by atoms with E-state index in [0.29, 0.717) is 6.54 Å². The second kappa shape index (κ2) is 4.94. The van der Waals surface area contributed by atoms with Gasteiger partial charge >= 0.3 is 0 Å². The van der Waals surface area contributed by atoms with Crippen LogP contribution in [-0.2, 0) is 0 Å². The van der Waals surface area contributed by atoms with Gasteiger partial charge in [-0.15, -0.1) is 0 Å². The first-order valence-electron chi connectivity index (χ1n) is 5.84. The van der Waals surface area contributed by atoms with Gasteiger partial charge in [0.15, 0.2) is 0 Å². The maximum atomic E-state index is 12.0. The van der Waals surface area contributed by atoms with Crippen molar-refractivity contribution in [2.45, 2.75) is 31.7 Å². The van der Waals surface area contributed by atoms with Gasteiger partial charge in [0.25, 0.3) is 5.91 Å². The maximum absolute atomic E-state index is 12.0. The molecule has 2 rings (SSSR count). The Bertz CT molecular complexity index is 441. The van der Waals surface area contributed by atoms with Crippen LogP contribution in [0.4, 0.5) is 0 Å². The zero-order chi connectivity index (χ0) is 12.5. The van der Waals surface area contributed by atoms with Crippen LogP contribution in [0.3, 0.4) is 0 Å². The van der Waals surface area contributed by atoms with E-state index in [1.807, 2.05) is 25.1 Å². The summed E-state index contributed by atoms with van der Waals surface area (Å²) in [6.07, 6.45) is 3.20. The van der Waals surface area contributed by atoms with Crippen molar-refractivity contribution in [2.75, 3.05) is 6.54 Å². The van der Waals surface area contributed by atoms with Crippen LogP contribution < -0.4 is 11.1 Å². The Morgan fingerprint density at radius 3 is 2.82 bits per heavy atom. The molecule has 1 amide bonds. The molecule has 0 saturated heterocycles. The molecule has 1 aliphatic carbocycles. The highest BCUT2D eigenvalue weighted by molar-refractivity contribution is 14.1. The molecule has 0 spiro atoms. The van der Waals surface area contributed by atoms with Crippen LogP contribution in [0.2, 0.25) is 0 Å². The van der Waals surface area contributed by atoms with Crippen molar-refractivity contribution in [3.05, 3.63) is 32.9 Å². The molecule has 1 aromatic rings. The molecule has 92 valence electrons. The van der Waals surface area contributed by atoms with E-state index < -0.39 is 0 Å². The highest BCUT2D eigenvalue weighted by atomic mass is 127. The van der Waals surface area contributed by atoms with Crippen LogP contribution in [0, 0.1) is 10.5 Å². The van der Waals surface area contributed by atoms with Crippen LogP contribution in [0.5, 0.6) is 0 Å². The molecule has 0 aliphatic heterocycles. The van der Waals surface area contributed by atoms with Crippen LogP contribution in [0.25, 0.3) is 0 Å². The van der Waals surface area contributed by atoms with Gasteiger partial charge < -0.3 is 11.1 Å². The Labute approximate surface area is 115 Å². The summed E-state index contributed by atoms with van der Waals surface area (Å²) in [5.74, 6) is -0.0187. The predicted octanol–water partition coefficient (Wildman–Crippen LogP) is 2.21. The molecular formula is C13H17IN2O. The van der Waals surface area contributed by atoms with Gasteiger partial charge in [0, 0.05) is 15.7 Å². The smallest absolute Gasteiger partial charge is 0.252 e. The molecule has 1 saturated carbocycles. The third kappa shape index (κ3) is 2.80. The van der Waals surface area contributed by atoms with E-state index in [2.05, 4.69) is 27.9 Å². The SMILES string of the molecule is Cc1cccc(C(=O)NCC2(N)CCC2)c1I. The number of hydrogen-bond acceptors (Lipinski definition) is 2. The normalized spacial score (nSPS) is 17.4. The highest BCUT2D eigenvalue weighted by Gasteiger charge is 2.32. The van der Waals surface area contributed by atoms with Crippen molar-refractivity contribution >= 4 is 28.5 Å². The fourth-order valence-electron chi connectivity index (χ4n) is 1.98. The van der Waals surface area contributed by atoms with Gasteiger partial charge in [0.2, 0.25) is 0 Å². The first-order valence-corrected chi connectivity index (χ1v) is 6.92. The number of benzene rings is 1. The van der Waals surface area contributed by atoms with E-state index in [4.69, 9.17) is 5.73 Å². The predicted molar refractivity (Wildman–Crippen MR) is 77.0 cm³/mol. The van der Waals surface area contributed by atoms with E-state index >= 15 is 0 Å². The van der Waals surface area contributed by atoms with Gasteiger partial charge in [-0.3, -0.25) is 4.79 Å². The number of carbonyl (C=O) groups excluding carboxylic acids is 1. The van der Waals surface area contributed by atoms with Crippen LogP contribution >= 0.6 is 22.6 Å². The summed E-state index contributed by atoms with van der Waals surface area (Å²) in [5, 5.41) is 2.94. The molecule has 0 heterocycles. The fourth-order valence-corrected chi connectivity index (χ4v) is 2.59. The van der Waals surface area contributed by atoms with E-state index in [1.165, 1.54) is 6.42 Å². The molecule has 0 radical (unpaired) electrons. The molecule has 3 nitrogen and oxygen atoms in total. The standard InChI is InChI=1S/C13H17IN2O/c1-9-4-2-5-10(11(9)14)12(17)16-8-13(15)6-3-7-13/h2,4-5H,3,6-8,15H2,1H3,(H,16,17). The van der Waals surface area contributed by atoms with Gasteiger partial charge in [-0.1, -0.05) is 12.1 Å². The van der Waals surface area contributed by atoms with Crippen LogP contribution in [0.1, 0.15) is 35.2 Å². The minimum absolute atomic E-state index is 0.0187. The quantitative estimate of drug-likeness (QED) is 0.826. The third-order valence-electron chi connectivity index (χ3n) is 3.39. The zero-order valence-electron chi connectivity index (χ0n) is 9.92. The Morgan fingerprint density at radius 2 is 2.24 bits per heavy atom. The average molecular weight is 344 g/mol. The van der Waals surface area contributed by atoms with E-state index in [-0.39, 0.29) is 11.4 Å². The molecular weight excluding hydrogens is 327 g/mol. The molecule has 0 atom stereocenters. The maximum Gasteiger partial charge on any atom is 0.252 e. The number of carbonyl (C=O) groups is 1. The van der Waals surface area contributed by atoms with Crippen LogP contribution in [-0.4, -0.2) is 18.0 Å². The highest BCUT2D eigenvalue weighted by Crippen LogP contribution is 2.28. The molecule has 1 fully saturated rings. The lowest BCUT2D eigenvalue weighted by molar-refractivity contribution is 0.0929. The summed E-state index contributed by atoms with van der Waals surface area (Å²) in [7, 11) is 0. The number of amides is 1.